The van der Waals surface area contributed by atoms with E-state index in [-0.39, 0.29) is 23.9 Å². The lowest BCUT2D eigenvalue weighted by Crippen LogP contribution is -2.58. The number of carbonyl (C=O) groups is 2. The highest BCUT2D eigenvalue weighted by Gasteiger charge is 2.37. The van der Waals surface area contributed by atoms with Crippen LogP contribution in [0.4, 0.5) is 0 Å². The molecule has 1 aliphatic heterocycles. The van der Waals surface area contributed by atoms with Crippen LogP contribution in [0.3, 0.4) is 0 Å². The Hall–Kier alpha value is -1.88. The highest BCUT2D eigenvalue weighted by Crippen LogP contribution is 2.31. The molecule has 1 saturated carbocycles. The summed E-state index contributed by atoms with van der Waals surface area (Å²) in [4.78, 5) is 30.2. The minimum absolute atomic E-state index is 0.0509. The summed E-state index contributed by atoms with van der Waals surface area (Å²) >= 11 is 0. The highest BCUT2D eigenvalue weighted by atomic mass is 16.2. The largest absolute Gasteiger partial charge is 0.353 e. The summed E-state index contributed by atoms with van der Waals surface area (Å²) < 4.78 is 0. The molecule has 1 aliphatic carbocycles. The molecule has 0 radical (unpaired) electrons. The van der Waals surface area contributed by atoms with Crippen LogP contribution in [0.25, 0.3) is 0 Å². The third kappa shape index (κ3) is 5.84. The minimum Gasteiger partial charge on any atom is -0.353 e. The second-order valence-electron chi connectivity index (χ2n) is 9.28. The topological polar surface area (TPSA) is 52.7 Å². The zero-order chi connectivity index (χ0) is 21.5. The van der Waals surface area contributed by atoms with Gasteiger partial charge in [-0.25, -0.2) is 0 Å². The third-order valence-corrected chi connectivity index (χ3v) is 6.56. The molecule has 30 heavy (non-hydrogen) atoms. The van der Waals surface area contributed by atoms with E-state index in [4.69, 9.17) is 0 Å². The van der Waals surface area contributed by atoms with E-state index >= 15 is 0 Å². The quantitative estimate of drug-likeness (QED) is 0.704. The first-order valence-corrected chi connectivity index (χ1v) is 11.9. The number of piperazine rings is 1. The standard InChI is InChI=1S/C25H39N3O2/c1-4-5-8-20-11-13-22(14-12-20)25(30)28-17-15-27(16-18-28)23(21-9-6-7-10-21)24(29)26-19(2)3/h11-14,19,21,23H,4-10,15-18H2,1-3H3,(H,26,29)/t23-/m0/s1. The summed E-state index contributed by atoms with van der Waals surface area (Å²) in [7, 11) is 0. The summed E-state index contributed by atoms with van der Waals surface area (Å²) in [5.74, 6) is 0.724. The number of benzene rings is 1. The van der Waals surface area contributed by atoms with Gasteiger partial charge in [0, 0.05) is 37.8 Å². The number of rotatable bonds is 8. The van der Waals surface area contributed by atoms with Gasteiger partial charge in [0.25, 0.3) is 5.91 Å². The molecule has 5 heteroatoms. The number of nitrogens with one attached hydrogen (secondary N) is 1. The van der Waals surface area contributed by atoms with Gasteiger partial charge in [-0.05, 0) is 63.1 Å². The van der Waals surface area contributed by atoms with Gasteiger partial charge in [-0.15, -0.1) is 0 Å². The molecule has 0 unspecified atom stereocenters. The first-order chi connectivity index (χ1) is 14.5. The molecule has 1 saturated heterocycles. The summed E-state index contributed by atoms with van der Waals surface area (Å²) in [6.45, 7) is 9.16. The lowest BCUT2D eigenvalue weighted by molar-refractivity contribution is -0.129. The maximum atomic E-state index is 13.0. The molecular formula is C25H39N3O2. The van der Waals surface area contributed by atoms with Crippen molar-refractivity contribution >= 4 is 11.8 Å². The van der Waals surface area contributed by atoms with Gasteiger partial charge in [-0.3, -0.25) is 14.5 Å². The van der Waals surface area contributed by atoms with Gasteiger partial charge in [0.1, 0.15) is 0 Å². The Bertz CT molecular complexity index is 687. The number of amides is 2. The summed E-state index contributed by atoms with van der Waals surface area (Å²) in [5.41, 5.74) is 2.07. The Morgan fingerprint density at radius 1 is 1.03 bits per heavy atom. The Morgan fingerprint density at radius 2 is 1.67 bits per heavy atom. The summed E-state index contributed by atoms with van der Waals surface area (Å²) in [5, 5.41) is 3.14. The number of aryl methyl sites for hydroxylation is 1. The summed E-state index contributed by atoms with van der Waals surface area (Å²) in [6.07, 6.45) is 8.17. The maximum Gasteiger partial charge on any atom is 0.253 e. The van der Waals surface area contributed by atoms with Crippen molar-refractivity contribution in [3.05, 3.63) is 35.4 Å². The Kier molecular flexibility index (Phi) is 8.32. The normalized spacial score (nSPS) is 19.3. The molecule has 1 N–H and O–H groups in total. The highest BCUT2D eigenvalue weighted by molar-refractivity contribution is 5.94. The van der Waals surface area contributed by atoms with E-state index in [1.54, 1.807) is 0 Å². The molecule has 0 bridgehead atoms. The first kappa shape index (κ1) is 22.8. The van der Waals surface area contributed by atoms with Crippen molar-refractivity contribution in [2.45, 2.75) is 77.8 Å². The van der Waals surface area contributed by atoms with E-state index in [2.05, 4.69) is 29.3 Å². The predicted octanol–water partition coefficient (Wildman–Crippen LogP) is 3.87. The van der Waals surface area contributed by atoms with Gasteiger partial charge >= 0.3 is 0 Å². The molecule has 5 nitrogen and oxygen atoms in total. The zero-order valence-electron chi connectivity index (χ0n) is 19.0. The smallest absolute Gasteiger partial charge is 0.253 e. The minimum atomic E-state index is -0.0509. The fraction of sp³-hybridized carbons (Fsp3) is 0.680. The number of unbranched alkanes of at least 4 members (excludes halogenated alkanes) is 1. The van der Waals surface area contributed by atoms with Crippen LogP contribution in [-0.4, -0.2) is 59.9 Å². The molecule has 1 heterocycles. The molecule has 1 aromatic carbocycles. The average Bonchev–Trinajstić information content (AvgIpc) is 3.26. The SMILES string of the molecule is CCCCc1ccc(C(=O)N2CCN([C@H](C(=O)NC(C)C)C3CCCC3)CC2)cc1. The van der Waals surface area contributed by atoms with Crippen molar-refractivity contribution in [1.82, 2.24) is 15.1 Å². The second-order valence-corrected chi connectivity index (χ2v) is 9.28. The molecular weight excluding hydrogens is 374 g/mol. The van der Waals surface area contributed by atoms with E-state index in [1.807, 2.05) is 30.9 Å². The van der Waals surface area contributed by atoms with E-state index in [0.29, 0.717) is 19.0 Å². The maximum absolute atomic E-state index is 13.0. The van der Waals surface area contributed by atoms with Crippen LogP contribution in [0.1, 0.15) is 75.2 Å². The van der Waals surface area contributed by atoms with Gasteiger partial charge in [-0.2, -0.15) is 0 Å². The number of carbonyl (C=O) groups excluding carboxylic acids is 2. The van der Waals surface area contributed by atoms with E-state index in [9.17, 15) is 9.59 Å². The van der Waals surface area contributed by atoms with E-state index in [0.717, 1.165) is 37.9 Å². The molecule has 166 valence electrons. The third-order valence-electron chi connectivity index (χ3n) is 6.56. The fourth-order valence-corrected chi connectivity index (χ4v) is 4.90. The number of hydrogen-bond donors (Lipinski definition) is 1. The number of hydrogen-bond acceptors (Lipinski definition) is 3. The van der Waals surface area contributed by atoms with Gasteiger partial charge in [0.05, 0.1) is 6.04 Å². The Balaban J connectivity index is 1.59. The molecule has 2 fully saturated rings. The lowest BCUT2D eigenvalue weighted by atomic mass is 9.94. The Labute approximate surface area is 182 Å². The van der Waals surface area contributed by atoms with E-state index < -0.39 is 0 Å². The van der Waals surface area contributed by atoms with Crippen molar-refractivity contribution in [3.63, 3.8) is 0 Å². The average molecular weight is 414 g/mol. The van der Waals surface area contributed by atoms with Crippen LogP contribution in [0.2, 0.25) is 0 Å². The van der Waals surface area contributed by atoms with Crippen LogP contribution in [0.15, 0.2) is 24.3 Å². The monoisotopic (exact) mass is 413 g/mol. The van der Waals surface area contributed by atoms with E-state index in [1.165, 1.54) is 31.2 Å². The van der Waals surface area contributed by atoms with Crippen molar-refractivity contribution in [2.75, 3.05) is 26.2 Å². The summed E-state index contributed by atoms with van der Waals surface area (Å²) in [6, 6.07) is 8.22. The van der Waals surface area contributed by atoms with Crippen LogP contribution >= 0.6 is 0 Å². The van der Waals surface area contributed by atoms with Gasteiger partial charge in [0.15, 0.2) is 0 Å². The fourth-order valence-electron chi connectivity index (χ4n) is 4.90. The molecule has 0 spiro atoms. The van der Waals surface area contributed by atoms with Crippen molar-refractivity contribution in [3.8, 4) is 0 Å². The van der Waals surface area contributed by atoms with Crippen LogP contribution in [-0.2, 0) is 11.2 Å². The molecule has 2 aliphatic rings. The molecule has 1 atom stereocenters. The molecule has 2 amide bonds. The van der Waals surface area contributed by atoms with Crippen LogP contribution in [0.5, 0.6) is 0 Å². The first-order valence-electron chi connectivity index (χ1n) is 11.9. The number of nitrogens with zero attached hydrogens (tertiary/aromatic N) is 2. The molecule has 3 rings (SSSR count). The molecule has 1 aromatic rings. The second kappa shape index (κ2) is 10.9. The van der Waals surface area contributed by atoms with Gasteiger partial charge in [0.2, 0.25) is 5.91 Å². The van der Waals surface area contributed by atoms with Crippen molar-refractivity contribution < 1.29 is 9.59 Å². The van der Waals surface area contributed by atoms with Gasteiger partial charge in [-0.1, -0.05) is 38.3 Å². The van der Waals surface area contributed by atoms with Gasteiger partial charge < -0.3 is 10.2 Å². The predicted molar refractivity (Wildman–Crippen MR) is 122 cm³/mol. The Morgan fingerprint density at radius 3 is 2.23 bits per heavy atom. The lowest BCUT2D eigenvalue weighted by Gasteiger charge is -2.41. The zero-order valence-corrected chi connectivity index (χ0v) is 19.0. The van der Waals surface area contributed by atoms with Crippen molar-refractivity contribution in [1.29, 1.82) is 0 Å². The van der Waals surface area contributed by atoms with Crippen molar-refractivity contribution in [2.24, 2.45) is 5.92 Å². The van der Waals surface area contributed by atoms with Crippen LogP contribution < -0.4 is 5.32 Å². The molecule has 0 aromatic heterocycles. The van der Waals surface area contributed by atoms with Crippen LogP contribution in [0, 0.1) is 5.92 Å².